The Hall–Kier alpha value is -2.28. The van der Waals surface area contributed by atoms with E-state index in [9.17, 15) is 0 Å². The summed E-state index contributed by atoms with van der Waals surface area (Å²) in [6.07, 6.45) is 9.51. The van der Waals surface area contributed by atoms with E-state index in [1.54, 1.807) is 11.3 Å². The summed E-state index contributed by atoms with van der Waals surface area (Å²) in [5.41, 5.74) is 6.65. The minimum absolute atomic E-state index is 0.592. The van der Waals surface area contributed by atoms with Gasteiger partial charge in [-0.25, -0.2) is 9.97 Å². The first-order valence-electron chi connectivity index (χ1n) is 10.3. The molecule has 2 aliphatic rings. The fourth-order valence-electron chi connectivity index (χ4n) is 4.68. The molecule has 6 rings (SSSR count). The number of thiazole rings is 1. The summed E-state index contributed by atoms with van der Waals surface area (Å²) < 4.78 is 1.22. The smallest absolute Gasteiger partial charge is 0.125 e. The van der Waals surface area contributed by atoms with Crippen molar-refractivity contribution in [1.82, 2.24) is 14.9 Å². The molecular formula is C23H22N4S2. The standard InChI is InChI=1S/C23H22N4S2/c1-2-10-27-11-3-4-16(20(27)5-1)22-13-17-18(8-9-24-23(17)29-22)26-15-6-7-21-19(12-15)25-14-28-21/h4,6-9,12-14,20H,1-3,5,10-11H2,(H,24,26). The average molecular weight is 419 g/mol. The van der Waals surface area contributed by atoms with Gasteiger partial charge in [-0.05, 0) is 61.7 Å². The van der Waals surface area contributed by atoms with Gasteiger partial charge in [0.25, 0.3) is 0 Å². The molecule has 2 aliphatic heterocycles. The van der Waals surface area contributed by atoms with Crippen molar-refractivity contribution in [3.05, 3.63) is 53.0 Å². The largest absolute Gasteiger partial charge is 0.355 e. The van der Waals surface area contributed by atoms with E-state index < -0.39 is 0 Å². The summed E-state index contributed by atoms with van der Waals surface area (Å²) in [6.45, 7) is 2.46. The van der Waals surface area contributed by atoms with Crippen LogP contribution in [-0.4, -0.2) is 34.0 Å². The maximum absolute atomic E-state index is 4.67. The van der Waals surface area contributed by atoms with E-state index in [2.05, 4.69) is 56.6 Å². The van der Waals surface area contributed by atoms with E-state index in [-0.39, 0.29) is 0 Å². The summed E-state index contributed by atoms with van der Waals surface area (Å²) >= 11 is 3.51. The van der Waals surface area contributed by atoms with Crippen molar-refractivity contribution >= 4 is 60.1 Å². The van der Waals surface area contributed by atoms with Gasteiger partial charge in [0.2, 0.25) is 0 Å². The summed E-state index contributed by atoms with van der Waals surface area (Å²) in [5, 5.41) is 4.81. The van der Waals surface area contributed by atoms with Gasteiger partial charge in [-0.2, -0.15) is 0 Å². The molecule has 0 spiro atoms. The van der Waals surface area contributed by atoms with Crippen LogP contribution < -0.4 is 5.32 Å². The molecule has 1 atom stereocenters. The molecule has 0 radical (unpaired) electrons. The Kier molecular flexibility index (Phi) is 4.36. The Morgan fingerprint density at radius 3 is 3.07 bits per heavy atom. The van der Waals surface area contributed by atoms with Gasteiger partial charge < -0.3 is 5.32 Å². The number of fused-ring (bicyclic) bond motifs is 3. The van der Waals surface area contributed by atoms with Crippen LogP contribution in [0.2, 0.25) is 0 Å². The lowest BCUT2D eigenvalue weighted by Crippen LogP contribution is -2.42. The minimum Gasteiger partial charge on any atom is -0.355 e. The highest BCUT2D eigenvalue weighted by molar-refractivity contribution is 7.19. The third kappa shape index (κ3) is 3.16. The molecule has 1 saturated heterocycles. The molecule has 1 aromatic carbocycles. The van der Waals surface area contributed by atoms with E-state index in [1.165, 1.54) is 52.9 Å². The Balaban J connectivity index is 1.37. The molecule has 146 valence electrons. The third-order valence-corrected chi connectivity index (χ3v) is 7.98. The van der Waals surface area contributed by atoms with Crippen LogP contribution in [0.4, 0.5) is 11.4 Å². The van der Waals surface area contributed by atoms with Gasteiger partial charge in [-0.1, -0.05) is 12.5 Å². The lowest BCUT2D eigenvalue weighted by Gasteiger charge is -2.39. The fourth-order valence-corrected chi connectivity index (χ4v) is 6.45. The van der Waals surface area contributed by atoms with Crippen LogP contribution in [-0.2, 0) is 0 Å². The molecule has 5 heterocycles. The van der Waals surface area contributed by atoms with Crippen molar-refractivity contribution < 1.29 is 0 Å². The number of rotatable bonds is 3. The van der Waals surface area contributed by atoms with Crippen molar-refractivity contribution in [2.24, 2.45) is 0 Å². The van der Waals surface area contributed by atoms with Crippen molar-refractivity contribution in [2.45, 2.75) is 31.7 Å². The SMILES string of the molecule is C1=C(c2cc3c(Nc4ccc5scnc5c4)ccnc3s2)C2CCCCN2CC1. The number of thiophene rings is 1. The topological polar surface area (TPSA) is 41.1 Å². The zero-order valence-electron chi connectivity index (χ0n) is 16.1. The average Bonchev–Trinajstić information content (AvgIpc) is 3.40. The summed E-state index contributed by atoms with van der Waals surface area (Å²) in [4.78, 5) is 14.3. The van der Waals surface area contributed by atoms with Crippen molar-refractivity contribution in [2.75, 3.05) is 18.4 Å². The number of pyridine rings is 1. The quantitative estimate of drug-likeness (QED) is 0.424. The van der Waals surface area contributed by atoms with E-state index in [0.717, 1.165) is 28.1 Å². The number of aromatic nitrogens is 2. The van der Waals surface area contributed by atoms with E-state index in [4.69, 9.17) is 0 Å². The second kappa shape index (κ2) is 7.20. The minimum atomic E-state index is 0.592. The molecule has 0 saturated carbocycles. The molecule has 3 aromatic heterocycles. The van der Waals surface area contributed by atoms with Gasteiger partial charge in [0.15, 0.2) is 0 Å². The van der Waals surface area contributed by atoms with E-state index in [1.807, 2.05) is 23.0 Å². The summed E-state index contributed by atoms with van der Waals surface area (Å²) in [6, 6.07) is 11.4. The second-order valence-electron chi connectivity index (χ2n) is 7.84. The highest BCUT2D eigenvalue weighted by Gasteiger charge is 2.29. The van der Waals surface area contributed by atoms with Gasteiger partial charge in [-0.15, -0.1) is 22.7 Å². The number of benzene rings is 1. The monoisotopic (exact) mass is 418 g/mol. The predicted molar refractivity (Wildman–Crippen MR) is 124 cm³/mol. The zero-order chi connectivity index (χ0) is 19.2. The van der Waals surface area contributed by atoms with Gasteiger partial charge in [0.1, 0.15) is 4.83 Å². The van der Waals surface area contributed by atoms with Crippen LogP contribution in [0.15, 0.2) is 48.1 Å². The highest BCUT2D eigenvalue weighted by Crippen LogP contribution is 2.40. The Morgan fingerprint density at radius 2 is 2.07 bits per heavy atom. The van der Waals surface area contributed by atoms with Gasteiger partial charge in [0.05, 0.1) is 21.4 Å². The number of anilines is 2. The van der Waals surface area contributed by atoms with Gasteiger partial charge in [0, 0.05) is 34.7 Å². The maximum atomic E-state index is 4.67. The van der Waals surface area contributed by atoms with Crippen LogP contribution in [0.1, 0.15) is 30.6 Å². The van der Waals surface area contributed by atoms with Crippen LogP contribution in [0.25, 0.3) is 26.0 Å². The summed E-state index contributed by atoms with van der Waals surface area (Å²) in [5.74, 6) is 0. The van der Waals surface area contributed by atoms with E-state index >= 15 is 0 Å². The molecule has 4 aromatic rings. The molecule has 6 heteroatoms. The molecule has 0 amide bonds. The molecule has 1 N–H and O–H groups in total. The van der Waals surface area contributed by atoms with Crippen molar-refractivity contribution in [3.63, 3.8) is 0 Å². The number of hydrogen-bond acceptors (Lipinski definition) is 6. The predicted octanol–water partition coefficient (Wildman–Crippen LogP) is 6.29. The third-order valence-electron chi connectivity index (χ3n) is 6.08. The number of hydrogen-bond donors (Lipinski definition) is 1. The first-order valence-corrected chi connectivity index (χ1v) is 12.0. The maximum Gasteiger partial charge on any atom is 0.125 e. The Morgan fingerprint density at radius 1 is 1.07 bits per heavy atom. The van der Waals surface area contributed by atoms with Crippen LogP contribution in [0.3, 0.4) is 0 Å². The summed E-state index contributed by atoms with van der Waals surface area (Å²) in [7, 11) is 0. The van der Waals surface area contributed by atoms with Gasteiger partial charge in [-0.3, -0.25) is 4.90 Å². The lowest BCUT2D eigenvalue weighted by atomic mass is 9.90. The first kappa shape index (κ1) is 17.6. The van der Waals surface area contributed by atoms with Gasteiger partial charge >= 0.3 is 0 Å². The van der Waals surface area contributed by atoms with Crippen LogP contribution in [0, 0.1) is 0 Å². The second-order valence-corrected chi connectivity index (χ2v) is 9.76. The highest BCUT2D eigenvalue weighted by atomic mass is 32.1. The Labute approximate surface area is 177 Å². The molecule has 0 bridgehead atoms. The normalized spacial score (nSPS) is 20.0. The Bertz CT molecular complexity index is 1220. The molecule has 1 unspecified atom stereocenters. The molecule has 0 aliphatic carbocycles. The molecule has 1 fully saturated rings. The first-order chi connectivity index (χ1) is 14.3. The zero-order valence-corrected chi connectivity index (χ0v) is 17.7. The number of nitrogens with one attached hydrogen (secondary N) is 1. The number of nitrogens with zero attached hydrogens (tertiary/aromatic N) is 3. The van der Waals surface area contributed by atoms with E-state index in [0.29, 0.717) is 6.04 Å². The molecule has 29 heavy (non-hydrogen) atoms. The molecule has 4 nitrogen and oxygen atoms in total. The lowest BCUT2D eigenvalue weighted by molar-refractivity contribution is 0.182. The molecular weight excluding hydrogens is 396 g/mol. The fraction of sp³-hybridized carbons (Fsp3) is 0.304. The van der Waals surface area contributed by atoms with Crippen LogP contribution >= 0.6 is 22.7 Å². The number of piperidine rings is 1. The van der Waals surface area contributed by atoms with Crippen LogP contribution in [0.5, 0.6) is 0 Å². The van der Waals surface area contributed by atoms with Crippen molar-refractivity contribution in [1.29, 1.82) is 0 Å². The van der Waals surface area contributed by atoms with Crippen molar-refractivity contribution in [3.8, 4) is 0 Å².